The Labute approximate surface area is 71.4 Å². The average Bonchev–Trinajstić information content (AvgIpc) is 2.72. The van der Waals surface area contributed by atoms with Crippen LogP contribution in [0.4, 0.5) is 0 Å². The van der Waals surface area contributed by atoms with Gasteiger partial charge in [-0.3, -0.25) is 4.79 Å². The van der Waals surface area contributed by atoms with Gasteiger partial charge in [-0.05, 0) is 37.5 Å². The monoisotopic (exact) mass is 170 g/mol. The van der Waals surface area contributed by atoms with Crippen LogP contribution in [0.25, 0.3) is 0 Å². The molecular weight excluding hydrogens is 156 g/mol. The van der Waals surface area contributed by atoms with Gasteiger partial charge in [0.25, 0.3) is 0 Å². The predicted molar refractivity (Wildman–Crippen MR) is 42.7 cm³/mol. The molecule has 0 aromatic carbocycles. The Morgan fingerprint density at radius 2 is 1.92 bits per heavy atom. The number of carbonyl (C=O) groups is 1. The molecule has 3 nitrogen and oxygen atoms in total. The standard InChI is InChI=1S/C9H14O3/c10-6-1-3-9(4-2-6)5-7(9)8(11)12/h6-7,10H,1-5H2,(H,11,12). The zero-order valence-electron chi connectivity index (χ0n) is 6.99. The fraction of sp³-hybridized carbons (Fsp3) is 0.889. The Kier molecular flexibility index (Phi) is 1.65. The molecule has 1 unspecified atom stereocenters. The van der Waals surface area contributed by atoms with E-state index in [4.69, 9.17) is 5.11 Å². The Bertz CT molecular complexity index is 204. The number of carboxylic acid groups (broad SMARTS) is 1. The molecule has 2 aliphatic carbocycles. The smallest absolute Gasteiger partial charge is 0.307 e. The van der Waals surface area contributed by atoms with E-state index in [0.717, 1.165) is 32.1 Å². The number of aliphatic hydroxyl groups excluding tert-OH is 1. The summed E-state index contributed by atoms with van der Waals surface area (Å²) >= 11 is 0. The van der Waals surface area contributed by atoms with Crippen LogP contribution in [0, 0.1) is 11.3 Å². The summed E-state index contributed by atoms with van der Waals surface area (Å²) in [4.78, 5) is 10.7. The molecule has 0 saturated heterocycles. The molecule has 2 N–H and O–H groups in total. The van der Waals surface area contributed by atoms with Gasteiger partial charge in [0, 0.05) is 0 Å². The van der Waals surface area contributed by atoms with Crippen LogP contribution in [0.3, 0.4) is 0 Å². The highest BCUT2D eigenvalue weighted by molar-refractivity contribution is 5.74. The van der Waals surface area contributed by atoms with Crippen molar-refractivity contribution in [3.63, 3.8) is 0 Å². The van der Waals surface area contributed by atoms with Crippen LogP contribution in [-0.4, -0.2) is 22.3 Å². The molecule has 2 saturated carbocycles. The van der Waals surface area contributed by atoms with E-state index >= 15 is 0 Å². The Hall–Kier alpha value is -0.570. The minimum absolute atomic E-state index is 0.0884. The van der Waals surface area contributed by atoms with E-state index in [1.807, 2.05) is 0 Å². The van der Waals surface area contributed by atoms with Gasteiger partial charge in [-0.25, -0.2) is 0 Å². The molecule has 2 rings (SSSR count). The molecule has 0 aliphatic heterocycles. The van der Waals surface area contributed by atoms with E-state index in [2.05, 4.69) is 0 Å². The number of aliphatic carboxylic acids is 1. The summed E-state index contributed by atoms with van der Waals surface area (Å²) in [6, 6.07) is 0. The summed E-state index contributed by atoms with van der Waals surface area (Å²) in [5.74, 6) is -0.753. The van der Waals surface area contributed by atoms with Gasteiger partial charge < -0.3 is 10.2 Å². The SMILES string of the molecule is O=C(O)C1CC12CCC(O)CC2. The number of carboxylic acids is 1. The van der Waals surface area contributed by atoms with Crippen LogP contribution >= 0.6 is 0 Å². The van der Waals surface area contributed by atoms with Gasteiger partial charge in [0.2, 0.25) is 0 Å². The second-order valence-corrected chi connectivity index (χ2v) is 4.19. The Balaban J connectivity index is 1.95. The molecule has 2 fully saturated rings. The van der Waals surface area contributed by atoms with Crippen LogP contribution in [0.2, 0.25) is 0 Å². The minimum atomic E-state index is -0.647. The highest BCUT2D eigenvalue weighted by Gasteiger charge is 2.58. The largest absolute Gasteiger partial charge is 0.481 e. The summed E-state index contributed by atoms with van der Waals surface area (Å²) in [6.45, 7) is 0. The molecule has 0 heterocycles. The van der Waals surface area contributed by atoms with Crippen molar-refractivity contribution in [1.82, 2.24) is 0 Å². The second kappa shape index (κ2) is 2.46. The van der Waals surface area contributed by atoms with Crippen molar-refractivity contribution in [3.05, 3.63) is 0 Å². The number of rotatable bonds is 1. The number of hydrogen-bond donors (Lipinski definition) is 2. The fourth-order valence-electron chi connectivity index (χ4n) is 2.43. The van der Waals surface area contributed by atoms with Crippen LogP contribution < -0.4 is 0 Å². The molecule has 2 aliphatic rings. The van der Waals surface area contributed by atoms with Crippen molar-refractivity contribution in [2.45, 2.75) is 38.2 Å². The van der Waals surface area contributed by atoms with Crippen molar-refractivity contribution in [2.24, 2.45) is 11.3 Å². The molecule has 0 aromatic heterocycles. The van der Waals surface area contributed by atoms with Crippen LogP contribution in [-0.2, 0) is 4.79 Å². The summed E-state index contributed by atoms with van der Waals surface area (Å²) in [6.07, 6.45) is 4.07. The first-order valence-electron chi connectivity index (χ1n) is 4.55. The van der Waals surface area contributed by atoms with Gasteiger partial charge in [-0.15, -0.1) is 0 Å². The maximum Gasteiger partial charge on any atom is 0.307 e. The number of hydrogen-bond acceptors (Lipinski definition) is 2. The lowest BCUT2D eigenvalue weighted by molar-refractivity contribution is -0.139. The van der Waals surface area contributed by atoms with E-state index in [-0.39, 0.29) is 17.4 Å². The summed E-state index contributed by atoms with van der Waals surface area (Å²) < 4.78 is 0. The molecule has 1 spiro atoms. The molecule has 12 heavy (non-hydrogen) atoms. The van der Waals surface area contributed by atoms with Crippen molar-refractivity contribution < 1.29 is 15.0 Å². The van der Waals surface area contributed by atoms with E-state index < -0.39 is 5.97 Å². The van der Waals surface area contributed by atoms with E-state index in [9.17, 15) is 9.90 Å². The first-order valence-corrected chi connectivity index (χ1v) is 4.55. The van der Waals surface area contributed by atoms with Crippen LogP contribution in [0.15, 0.2) is 0 Å². The van der Waals surface area contributed by atoms with Gasteiger partial charge in [-0.2, -0.15) is 0 Å². The highest BCUT2D eigenvalue weighted by Crippen LogP contribution is 2.61. The third-order valence-corrected chi connectivity index (χ3v) is 3.44. The predicted octanol–water partition coefficient (Wildman–Crippen LogP) is 1.01. The highest BCUT2D eigenvalue weighted by atomic mass is 16.4. The van der Waals surface area contributed by atoms with Gasteiger partial charge >= 0.3 is 5.97 Å². The molecule has 0 amide bonds. The molecule has 0 bridgehead atoms. The topological polar surface area (TPSA) is 57.5 Å². The van der Waals surface area contributed by atoms with E-state index in [0.29, 0.717) is 0 Å². The van der Waals surface area contributed by atoms with E-state index in [1.165, 1.54) is 0 Å². The summed E-state index contributed by atoms with van der Waals surface area (Å²) in [7, 11) is 0. The maximum atomic E-state index is 10.7. The molecule has 0 radical (unpaired) electrons. The molecule has 3 heteroatoms. The molecule has 1 atom stereocenters. The average molecular weight is 170 g/mol. The van der Waals surface area contributed by atoms with Gasteiger partial charge in [-0.1, -0.05) is 0 Å². The first kappa shape index (κ1) is 8.05. The van der Waals surface area contributed by atoms with Crippen molar-refractivity contribution in [2.75, 3.05) is 0 Å². The third-order valence-electron chi connectivity index (χ3n) is 3.44. The molecule has 68 valence electrons. The zero-order chi connectivity index (χ0) is 8.77. The van der Waals surface area contributed by atoms with Crippen molar-refractivity contribution >= 4 is 5.97 Å². The fourth-order valence-corrected chi connectivity index (χ4v) is 2.43. The molecular formula is C9H14O3. The van der Waals surface area contributed by atoms with Crippen LogP contribution in [0.1, 0.15) is 32.1 Å². The Morgan fingerprint density at radius 1 is 1.33 bits per heavy atom. The lowest BCUT2D eigenvalue weighted by Crippen LogP contribution is -2.22. The second-order valence-electron chi connectivity index (χ2n) is 4.19. The van der Waals surface area contributed by atoms with Crippen molar-refractivity contribution in [3.8, 4) is 0 Å². The van der Waals surface area contributed by atoms with E-state index in [1.54, 1.807) is 0 Å². The van der Waals surface area contributed by atoms with Gasteiger partial charge in [0.15, 0.2) is 0 Å². The lowest BCUT2D eigenvalue weighted by Gasteiger charge is -2.25. The number of aliphatic hydroxyl groups is 1. The lowest BCUT2D eigenvalue weighted by atomic mass is 9.83. The summed E-state index contributed by atoms with van der Waals surface area (Å²) in [5, 5.41) is 18.0. The zero-order valence-corrected chi connectivity index (χ0v) is 6.99. The van der Waals surface area contributed by atoms with Gasteiger partial charge in [0.1, 0.15) is 0 Å². The minimum Gasteiger partial charge on any atom is -0.481 e. The first-order chi connectivity index (χ1) is 5.64. The maximum absolute atomic E-state index is 10.7. The third kappa shape index (κ3) is 1.12. The Morgan fingerprint density at radius 3 is 2.33 bits per heavy atom. The quantitative estimate of drug-likeness (QED) is 0.617. The molecule has 0 aromatic rings. The van der Waals surface area contributed by atoms with Gasteiger partial charge in [0.05, 0.1) is 12.0 Å². The normalized spacial score (nSPS) is 46.1. The summed E-state index contributed by atoms with van der Waals surface area (Å²) in [5.41, 5.74) is 0.0884. The van der Waals surface area contributed by atoms with Crippen LogP contribution in [0.5, 0.6) is 0 Å². The van der Waals surface area contributed by atoms with Crippen molar-refractivity contribution in [1.29, 1.82) is 0 Å².